The highest BCUT2D eigenvalue weighted by molar-refractivity contribution is 7.89. The fourth-order valence-corrected chi connectivity index (χ4v) is 4.22. The maximum atomic E-state index is 12.6. The fourth-order valence-electron chi connectivity index (χ4n) is 2.72. The first kappa shape index (κ1) is 18.2. The molecule has 0 aromatic heterocycles. The summed E-state index contributed by atoms with van der Waals surface area (Å²) in [6.45, 7) is 5.34. The topological polar surface area (TPSA) is 66.5 Å². The lowest BCUT2D eigenvalue weighted by Crippen LogP contribution is -2.48. The van der Waals surface area contributed by atoms with Crippen LogP contribution in [0.4, 0.5) is 0 Å². The molecule has 23 heavy (non-hydrogen) atoms. The van der Waals surface area contributed by atoms with Crippen LogP contribution in [0.1, 0.15) is 33.1 Å². The van der Waals surface area contributed by atoms with Crippen molar-refractivity contribution in [1.82, 2.24) is 9.62 Å². The Morgan fingerprint density at radius 3 is 2.52 bits per heavy atom. The molecule has 0 aliphatic carbocycles. The summed E-state index contributed by atoms with van der Waals surface area (Å²) in [6, 6.07) is 5.31. The second-order valence-electron chi connectivity index (χ2n) is 6.29. The van der Waals surface area contributed by atoms with Crippen molar-refractivity contribution in [3.63, 3.8) is 0 Å². The largest absolute Gasteiger partial charge is 0.341 e. The molecule has 1 saturated heterocycles. The van der Waals surface area contributed by atoms with Gasteiger partial charge >= 0.3 is 0 Å². The molecule has 1 aliphatic heterocycles. The second kappa shape index (κ2) is 7.64. The van der Waals surface area contributed by atoms with Gasteiger partial charge in [-0.05, 0) is 43.4 Å². The van der Waals surface area contributed by atoms with Gasteiger partial charge in [-0.1, -0.05) is 31.5 Å². The van der Waals surface area contributed by atoms with Gasteiger partial charge in [0.2, 0.25) is 15.9 Å². The first-order chi connectivity index (χ1) is 10.8. The zero-order chi connectivity index (χ0) is 17.0. The van der Waals surface area contributed by atoms with Crippen molar-refractivity contribution in [2.24, 2.45) is 5.92 Å². The van der Waals surface area contributed by atoms with E-state index in [0.29, 0.717) is 24.5 Å². The summed E-state index contributed by atoms with van der Waals surface area (Å²) in [6.07, 6.45) is 2.41. The Bertz CT molecular complexity index is 655. The highest BCUT2D eigenvalue weighted by Gasteiger charge is 2.31. The Labute approximate surface area is 143 Å². The van der Waals surface area contributed by atoms with Gasteiger partial charge < -0.3 is 4.90 Å². The third-order valence-corrected chi connectivity index (χ3v) is 5.53. The lowest BCUT2D eigenvalue weighted by Gasteiger charge is -2.25. The molecule has 1 aromatic carbocycles. The molecule has 1 amide bonds. The number of carbonyl (C=O) groups excluding carboxylic acids is 1. The molecule has 5 nitrogen and oxygen atoms in total. The summed E-state index contributed by atoms with van der Waals surface area (Å²) in [4.78, 5) is 14.5. The Kier molecular flexibility index (Phi) is 6.06. The first-order valence-corrected chi connectivity index (χ1v) is 9.72. The number of sulfonamides is 1. The highest BCUT2D eigenvalue weighted by Crippen LogP contribution is 2.18. The van der Waals surface area contributed by atoms with Crippen LogP contribution in [0.25, 0.3) is 0 Å². The Morgan fingerprint density at radius 1 is 1.30 bits per heavy atom. The summed E-state index contributed by atoms with van der Waals surface area (Å²) in [5.74, 6) is 0.0652. The number of amides is 1. The third-order valence-electron chi connectivity index (χ3n) is 3.83. The van der Waals surface area contributed by atoms with E-state index in [2.05, 4.69) is 4.72 Å². The molecule has 128 valence electrons. The third kappa shape index (κ3) is 4.93. The van der Waals surface area contributed by atoms with E-state index < -0.39 is 16.1 Å². The molecule has 0 radical (unpaired) electrons. The van der Waals surface area contributed by atoms with Crippen molar-refractivity contribution in [2.45, 2.75) is 44.0 Å². The smallest absolute Gasteiger partial charge is 0.241 e. The number of likely N-dealkylation sites (tertiary alicyclic amines) is 1. The number of nitrogens with one attached hydrogen (secondary N) is 1. The average molecular weight is 359 g/mol. The van der Waals surface area contributed by atoms with Crippen LogP contribution in [0.15, 0.2) is 29.2 Å². The van der Waals surface area contributed by atoms with E-state index in [-0.39, 0.29) is 16.7 Å². The quantitative estimate of drug-likeness (QED) is 0.850. The van der Waals surface area contributed by atoms with E-state index in [1.165, 1.54) is 12.1 Å². The number of carbonyl (C=O) groups is 1. The van der Waals surface area contributed by atoms with Crippen LogP contribution >= 0.6 is 11.6 Å². The van der Waals surface area contributed by atoms with E-state index in [4.69, 9.17) is 11.6 Å². The fraction of sp³-hybridized carbons (Fsp3) is 0.562. The van der Waals surface area contributed by atoms with Crippen molar-refractivity contribution in [3.05, 3.63) is 29.3 Å². The standard InChI is InChI=1S/C16H23ClN2O3S/c1-12(2)10-15(16(20)19-8-3-4-9-19)18-23(21,22)14-7-5-6-13(17)11-14/h5-7,11-12,15,18H,3-4,8-10H2,1-2H3/t15-/m0/s1. The Hall–Kier alpha value is -1.11. The van der Waals surface area contributed by atoms with Crippen LogP contribution in [0.5, 0.6) is 0 Å². The van der Waals surface area contributed by atoms with Crippen LogP contribution < -0.4 is 4.72 Å². The van der Waals surface area contributed by atoms with E-state index >= 15 is 0 Å². The molecule has 0 unspecified atom stereocenters. The lowest BCUT2D eigenvalue weighted by molar-refractivity contribution is -0.132. The number of nitrogens with zero attached hydrogens (tertiary/aromatic N) is 1. The van der Waals surface area contributed by atoms with Crippen molar-refractivity contribution >= 4 is 27.5 Å². The summed E-state index contributed by atoms with van der Waals surface area (Å²) < 4.78 is 27.7. The normalized spacial score (nSPS) is 16.8. The maximum absolute atomic E-state index is 12.6. The van der Waals surface area contributed by atoms with E-state index in [9.17, 15) is 13.2 Å². The number of rotatable bonds is 6. The number of benzene rings is 1. The molecule has 1 N–H and O–H groups in total. The van der Waals surface area contributed by atoms with Crippen molar-refractivity contribution in [1.29, 1.82) is 0 Å². The number of halogens is 1. The zero-order valence-corrected chi connectivity index (χ0v) is 15.0. The van der Waals surface area contributed by atoms with Crippen molar-refractivity contribution in [3.8, 4) is 0 Å². The molecular formula is C16H23ClN2O3S. The molecule has 1 heterocycles. The molecular weight excluding hydrogens is 336 g/mol. The van der Waals surface area contributed by atoms with Gasteiger partial charge in [-0.2, -0.15) is 4.72 Å². The van der Waals surface area contributed by atoms with Gasteiger partial charge in [0, 0.05) is 18.1 Å². The maximum Gasteiger partial charge on any atom is 0.241 e. The molecule has 2 rings (SSSR count). The predicted octanol–water partition coefficient (Wildman–Crippen LogP) is 2.66. The van der Waals surface area contributed by atoms with Gasteiger partial charge in [-0.25, -0.2) is 8.42 Å². The van der Waals surface area contributed by atoms with Gasteiger partial charge in [0.15, 0.2) is 0 Å². The lowest BCUT2D eigenvalue weighted by atomic mass is 10.0. The first-order valence-electron chi connectivity index (χ1n) is 7.86. The van der Waals surface area contributed by atoms with Gasteiger partial charge in [-0.15, -0.1) is 0 Å². The second-order valence-corrected chi connectivity index (χ2v) is 8.44. The van der Waals surface area contributed by atoms with Crippen LogP contribution in [-0.4, -0.2) is 38.4 Å². The minimum Gasteiger partial charge on any atom is -0.341 e. The molecule has 0 spiro atoms. The minimum atomic E-state index is -3.78. The van der Waals surface area contributed by atoms with Crippen molar-refractivity contribution < 1.29 is 13.2 Å². The van der Waals surface area contributed by atoms with E-state index in [1.54, 1.807) is 17.0 Å². The van der Waals surface area contributed by atoms with Crippen LogP contribution in [-0.2, 0) is 14.8 Å². The molecule has 1 atom stereocenters. The van der Waals surface area contributed by atoms with E-state index in [1.807, 2.05) is 13.8 Å². The zero-order valence-electron chi connectivity index (χ0n) is 13.5. The minimum absolute atomic E-state index is 0.0768. The van der Waals surface area contributed by atoms with Crippen LogP contribution in [0.3, 0.4) is 0 Å². The highest BCUT2D eigenvalue weighted by atomic mass is 35.5. The molecule has 1 aliphatic rings. The van der Waals surface area contributed by atoms with Crippen LogP contribution in [0.2, 0.25) is 5.02 Å². The molecule has 0 saturated carbocycles. The van der Waals surface area contributed by atoms with E-state index in [0.717, 1.165) is 12.8 Å². The molecule has 1 aromatic rings. The van der Waals surface area contributed by atoms with Gasteiger partial charge in [-0.3, -0.25) is 4.79 Å². The molecule has 0 bridgehead atoms. The van der Waals surface area contributed by atoms with Crippen LogP contribution in [0, 0.1) is 5.92 Å². The van der Waals surface area contributed by atoms with Crippen molar-refractivity contribution in [2.75, 3.05) is 13.1 Å². The summed E-state index contributed by atoms with van der Waals surface area (Å²) in [5.41, 5.74) is 0. The number of hydrogen-bond donors (Lipinski definition) is 1. The number of hydrogen-bond acceptors (Lipinski definition) is 3. The average Bonchev–Trinajstić information content (AvgIpc) is 2.99. The monoisotopic (exact) mass is 358 g/mol. The van der Waals surface area contributed by atoms with Gasteiger partial charge in [0.25, 0.3) is 0 Å². The molecule has 7 heteroatoms. The summed E-state index contributed by atoms with van der Waals surface area (Å²) in [5, 5.41) is 0.346. The van der Waals surface area contributed by atoms with Gasteiger partial charge in [0.1, 0.15) is 6.04 Å². The molecule has 1 fully saturated rings. The predicted molar refractivity (Wildman–Crippen MR) is 90.8 cm³/mol. The van der Waals surface area contributed by atoms with Gasteiger partial charge in [0.05, 0.1) is 4.90 Å². The summed E-state index contributed by atoms with van der Waals surface area (Å²) >= 11 is 5.87. The SMILES string of the molecule is CC(C)C[C@H](NS(=O)(=O)c1cccc(Cl)c1)C(=O)N1CCCC1. The Balaban J connectivity index is 2.20. The Morgan fingerprint density at radius 2 is 1.96 bits per heavy atom. The summed E-state index contributed by atoms with van der Waals surface area (Å²) in [7, 11) is -3.78.